The number of carbonyl (C=O) groups excluding carboxylic acids is 2. The van der Waals surface area contributed by atoms with Crippen molar-refractivity contribution in [3.8, 4) is 11.5 Å². The molecule has 0 heterocycles. The van der Waals surface area contributed by atoms with Crippen molar-refractivity contribution in [3.63, 3.8) is 0 Å². The Bertz CT molecular complexity index is 689. The molecule has 1 N–H and O–H groups in total. The Morgan fingerprint density at radius 2 is 1.73 bits per heavy atom. The topological polar surface area (TPSA) is 72.8 Å². The van der Waals surface area contributed by atoms with Gasteiger partial charge in [0.05, 0.1) is 6.61 Å². The molecule has 0 aliphatic carbocycles. The molecule has 114 valence electrons. The van der Waals surface area contributed by atoms with Gasteiger partial charge in [-0.05, 0) is 42.3 Å². The quantitative estimate of drug-likeness (QED) is 0.694. The SMILES string of the molecule is CC(=O)Oc1ccc(C)cc1C(=O)Oc1ccc(CO)cc1. The molecule has 0 saturated carbocycles. The van der Waals surface area contributed by atoms with E-state index in [1.54, 1.807) is 42.5 Å². The average molecular weight is 300 g/mol. The molecule has 0 unspecified atom stereocenters. The number of aliphatic hydroxyl groups excluding tert-OH is 1. The summed E-state index contributed by atoms with van der Waals surface area (Å²) in [5.41, 5.74) is 1.75. The standard InChI is InChI=1S/C17H16O5/c1-11-3-8-16(21-12(2)19)15(9-11)17(20)22-14-6-4-13(10-18)5-7-14/h3-9,18H,10H2,1-2H3. The van der Waals surface area contributed by atoms with Crippen LogP contribution in [0.1, 0.15) is 28.4 Å². The molecule has 0 aliphatic rings. The summed E-state index contributed by atoms with van der Waals surface area (Å²) in [4.78, 5) is 23.4. The van der Waals surface area contributed by atoms with Gasteiger partial charge in [0.15, 0.2) is 0 Å². The molecule has 0 radical (unpaired) electrons. The smallest absolute Gasteiger partial charge is 0.347 e. The zero-order valence-corrected chi connectivity index (χ0v) is 12.3. The fourth-order valence-corrected chi connectivity index (χ4v) is 1.87. The Labute approximate surface area is 128 Å². The number of ether oxygens (including phenoxy) is 2. The van der Waals surface area contributed by atoms with Gasteiger partial charge in [-0.2, -0.15) is 0 Å². The van der Waals surface area contributed by atoms with Crippen molar-refractivity contribution in [2.24, 2.45) is 0 Å². The molecular weight excluding hydrogens is 284 g/mol. The van der Waals surface area contributed by atoms with E-state index in [2.05, 4.69) is 0 Å². The van der Waals surface area contributed by atoms with Crippen molar-refractivity contribution >= 4 is 11.9 Å². The number of benzene rings is 2. The molecule has 0 amide bonds. The van der Waals surface area contributed by atoms with Crippen LogP contribution in [0.4, 0.5) is 0 Å². The maximum absolute atomic E-state index is 12.3. The van der Waals surface area contributed by atoms with Crippen LogP contribution >= 0.6 is 0 Å². The predicted molar refractivity (Wildman–Crippen MR) is 79.8 cm³/mol. The van der Waals surface area contributed by atoms with Crippen molar-refractivity contribution in [2.45, 2.75) is 20.5 Å². The van der Waals surface area contributed by atoms with Crippen LogP contribution in [0.3, 0.4) is 0 Å². The van der Waals surface area contributed by atoms with E-state index in [1.165, 1.54) is 6.92 Å². The summed E-state index contributed by atoms with van der Waals surface area (Å²) in [7, 11) is 0. The molecule has 0 aliphatic heterocycles. The number of hydrogen-bond donors (Lipinski definition) is 1. The molecule has 0 atom stereocenters. The van der Waals surface area contributed by atoms with Crippen LogP contribution in [-0.4, -0.2) is 17.0 Å². The number of rotatable bonds is 4. The molecule has 0 spiro atoms. The second-order valence-electron chi connectivity index (χ2n) is 4.78. The highest BCUT2D eigenvalue weighted by atomic mass is 16.5. The summed E-state index contributed by atoms with van der Waals surface area (Å²) >= 11 is 0. The highest BCUT2D eigenvalue weighted by molar-refractivity contribution is 5.95. The van der Waals surface area contributed by atoms with Gasteiger partial charge in [0.1, 0.15) is 17.1 Å². The van der Waals surface area contributed by atoms with Gasteiger partial charge >= 0.3 is 11.9 Å². The number of hydrogen-bond acceptors (Lipinski definition) is 5. The Morgan fingerprint density at radius 3 is 2.32 bits per heavy atom. The molecule has 22 heavy (non-hydrogen) atoms. The lowest BCUT2D eigenvalue weighted by Gasteiger charge is -2.10. The average Bonchev–Trinajstić information content (AvgIpc) is 2.49. The summed E-state index contributed by atoms with van der Waals surface area (Å²) in [5.74, 6) is -0.616. The van der Waals surface area contributed by atoms with E-state index in [-0.39, 0.29) is 17.9 Å². The first-order valence-electron chi connectivity index (χ1n) is 6.70. The first-order valence-corrected chi connectivity index (χ1v) is 6.70. The molecule has 5 heteroatoms. The van der Waals surface area contributed by atoms with Crippen LogP contribution in [0.2, 0.25) is 0 Å². The van der Waals surface area contributed by atoms with E-state index >= 15 is 0 Å². The van der Waals surface area contributed by atoms with E-state index < -0.39 is 11.9 Å². The van der Waals surface area contributed by atoms with E-state index in [4.69, 9.17) is 14.6 Å². The van der Waals surface area contributed by atoms with Crippen LogP contribution in [-0.2, 0) is 11.4 Å². The predicted octanol–water partition coefficient (Wildman–Crippen LogP) is 2.63. The fraction of sp³-hybridized carbons (Fsp3) is 0.176. The molecule has 2 aromatic carbocycles. The molecule has 2 rings (SSSR count). The number of carbonyl (C=O) groups is 2. The molecule has 0 aromatic heterocycles. The second-order valence-corrected chi connectivity index (χ2v) is 4.78. The van der Waals surface area contributed by atoms with Crippen molar-refractivity contribution in [3.05, 3.63) is 59.2 Å². The Balaban J connectivity index is 2.24. The number of aryl methyl sites for hydroxylation is 1. The lowest BCUT2D eigenvalue weighted by Crippen LogP contribution is -2.13. The molecule has 5 nitrogen and oxygen atoms in total. The lowest BCUT2D eigenvalue weighted by atomic mass is 10.1. The Morgan fingerprint density at radius 1 is 1.05 bits per heavy atom. The van der Waals surface area contributed by atoms with Crippen LogP contribution < -0.4 is 9.47 Å². The minimum atomic E-state index is -0.614. The maximum Gasteiger partial charge on any atom is 0.347 e. The second kappa shape index (κ2) is 6.87. The summed E-state index contributed by atoms with van der Waals surface area (Å²) < 4.78 is 10.3. The largest absolute Gasteiger partial charge is 0.426 e. The third kappa shape index (κ3) is 3.93. The number of aliphatic hydroxyl groups is 1. The van der Waals surface area contributed by atoms with Crippen molar-refractivity contribution < 1.29 is 24.2 Å². The minimum absolute atomic E-state index is 0.0806. The monoisotopic (exact) mass is 300 g/mol. The molecular formula is C17H16O5. The van der Waals surface area contributed by atoms with Crippen molar-refractivity contribution in [1.82, 2.24) is 0 Å². The molecule has 0 fully saturated rings. The zero-order chi connectivity index (χ0) is 16.1. The summed E-state index contributed by atoms with van der Waals surface area (Å²) in [5, 5.41) is 8.98. The van der Waals surface area contributed by atoms with Gasteiger partial charge < -0.3 is 14.6 Å². The van der Waals surface area contributed by atoms with E-state index in [0.29, 0.717) is 5.75 Å². The van der Waals surface area contributed by atoms with Gasteiger partial charge in [-0.25, -0.2) is 4.79 Å². The molecule has 0 bridgehead atoms. The number of esters is 2. The highest BCUT2D eigenvalue weighted by Gasteiger charge is 2.16. The van der Waals surface area contributed by atoms with Crippen molar-refractivity contribution in [1.29, 1.82) is 0 Å². The summed E-state index contributed by atoms with van der Waals surface area (Å²) in [6, 6.07) is 11.4. The van der Waals surface area contributed by atoms with Crippen molar-refractivity contribution in [2.75, 3.05) is 0 Å². The first kappa shape index (κ1) is 15.7. The Hall–Kier alpha value is -2.66. The van der Waals surface area contributed by atoms with Gasteiger partial charge in [-0.3, -0.25) is 4.79 Å². The summed E-state index contributed by atoms with van der Waals surface area (Å²) in [6.07, 6.45) is 0. The van der Waals surface area contributed by atoms with Gasteiger partial charge in [-0.15, -0.1) is 0 Å². The molecule has 0 saturated heterocycles. The first-order chi connectivity index (χ1) is 10.5. The van der Waals surface area contributed by atoms with Gasteiger partial charge in [0, 0.05) is 6.92 Å². The molecule has 2 aromatic rings. The van der Waals surface area contributed by atoms with Gasteiger partial charge in [0.25, 0.3) is 0 Å². The third-order valence-electron chi connectivity index (χ3n) is 2.93. The lowest BCUT2D eigenvalue weighted by molar-refractivity contribution is -0.131. The fourth-order valence-electron chi connectivity index (χ4n) is 1.87. The normalized spacial score (nSPS) is 10.1. The van der Waals surface area contributed by atoms with E-state index in [9.17, 15) is 9.59 Å². The van der Waals surface area contributed by atoms with Crippen LogP contribution in [0, 0.1) is 6.92 Å². The van der Waals surface area contributed by atoms with Crippen LogP contribution in [0.25, 0.3) is 0 Å². The van der Waals surface area contributed by atoms with E-state index in [0.717, 1.165) is 11.1 Å². The highest BCUT2D eigenvalue weighted by Crippen LogP contribution is 2.23. The third-order valence-corrected chi connectivity index (χ3v) is 2.93. The van der Waals surface area contributed by atoms with E-state index in [1.807, 2.05) is 6.92 Å². The minimum Gasteiger partial charge on any atom is -0.426 e. The zero-order valence-electron chi connectivity index (χ0n) is 12.3. The van der Waals surface area contributed by atoms with Crippen LogP contribution in [0.15, 0.2) is 42.5 Å². The summed E-state index contributed by atoms with van der Waals surface area (Å²) in [6.45, 7) is 3.01. The van der Waals surface area contributed by atoms with Crippen LogP contribution in [0.5, 0.6) is 11.5 Å². The van der Waals surface area contributed by atoms with Gasteiger partial charge in [0.2, 0.25) is 0 Å². The Kier molecular flexibility index (Phi) is 4.91. The van der Waals surface area contributed by atoms with Gasteiger partial charge in [-0.1, -0.05) is 18.2 Å². The maximum atomic E-state index is 12.3.